The Labute approximate surface area is 114 Å². The summed E-state index contributed by atoms with van der Waals surface area (Å²) in [5.41, 5.74) is -1.26. The molecule has 1 aliphatic heterocycles. The number of nitrogens with zero attached hydrogens (tertiary/aromatic N) is 1. The van der Waals surface area contributed by atoms with Crippen LogP contribution in [0.5, 0.6) is 0 Å². The fraction of sp³-hybridized carbons (Fsp3) is 0.308. The molecular formula is C13H13FN2O4. The van der Waals surface area contributed by atoms with Crippen LogP contribution in [0.4, 0.5) is 9.18 Å². The van der Waals surface area contributed by atoms with Crippen LogP contribution in [-0.2, 0) is 9.59 Å². The van der Waals surface area contributed by atoms with Crippen LogP contribution in [-0.4, -0.2) is 33.5 Å². The summed E-state index contributed by atoms with van der Waals surface area (Å²) in [7, 11) is 0. The number of carbonyl (C=O) groups excluding carboxylic acids is 2. The Hall–Kier alpha value is -2.44. The van der Waals surface area contributed by atoms with Gasteiger partial charge in [0.15, 0.2) is 0 Å². The Morgan fingerprint density at radius 2 is 1.85 bits per heavy atom. The number of hydrogen-bond acceptors (Lipinski definition) is 3. The minimum absolute atomic E-state index is 0.397. The van der Waals surface area contributed by atoms with Crippen molar-refractivity contribution < 1.29 is 23.9 Å². The van der Waals surface area contributed by atoms with E-state index >= 15 is 0 Å². The predicted molar refractivity (Wildman–Crippen MR) is 66.2 cm³/mol. The largest absolute Gasteiger partial charge is 0.480 e. The summed E-state index contributed by atoms with van der Waals surface area (Å²) >= 11 is 0. The van der Waals surface area contributed by atoms with Crippen LogP contribution in [0.1, 0.15) is 25.5 Å². The molecule has 0 bridgehead atoms. The first-order valence-electron chi connectivity index (χ1n) is 5.88. The number of urea groups is 1. The number of carbonyl (C=O) groups is 3. The number of nitrogens with one attached hydrogen (secondary N) is 1. The third-order valence-corrected chi connectivity index (χ3v) is 3.22. The molecule has 0 spiro atoms. The topological polar surface area (TPSA) is 86.7 Å². The number of amides is 3. The van der Waals surface area contributed by atoms with Gasteiger partial charge in [0.05, 0.1) is 0 Å². The molecule has 0 aromatic heterocycles. The number of benzene rings is 1. The molecule has 1 aromatic carbocycles. The molecule has 1 saturated heterocycles. The van der Waals surface area contributed by atoms with Crippen molar-refractivity contribution in [3.05, 3.63) is 35.6 Å². The van der Waals surface area contributed by atoms with E-state index in [0.717, 1.165) is 0 Å². The van der Waals surface area contributed by atoms with E-state index < -0.39 is 35.3 Å². The van der Waals surface area contributed by atoms with Gasteiger partial charge < -0.3 is 10.4 Å². The molecular weight excluding hydrogens is 267 g/mol. The molecule has 1 fully saturated rings. The summed E-state index contributed by atoms with van der Waals surface area (Å²) < 4.78 is 12.9. The highest BCUT2D eigenvalue weighted by Gasteiger charge is 2.49. The monoisotopic (exact) mass is 280 g/mol. The summed E-state index contributed by atoms with van der Waals surface area (Å²) in [5.74, 6) is -2.43. The van der Waals surface area contributed by atoms with Gasteiger partial charge in [0.1, 0.15) is 17.4 Å². The van der Waals surface area contributed by atoms with Crippen molar-refractivity contribution in [3.63, 3.8) is 0 Å². The quantitative estimate of drug-likeness (QED) is 0.817. The van der Waals surface area contributed by atoms with Crippen molar-refractivity contribution in [1.29, 1.82) is 0 Å². The molecule has 1 aliphatic rings. The van der Waals surface area contributed by atoms with Gasteiger partial charge in [-0.3, -0.25) is 4.79 Å². The first-order chi connectivity index (χ1) is 9.25. The standard InChI is InChI=1S/C13H13FN2O4/c1-13(2,11(18)19)16-10(17)9(15-12(16)20)7-3-5-8(14)6-4-7/h3-6,9H,1-2H3,(H,15,20)(H,18,19). The lowest BCUT2D eigenvalue weighted by Gasteiger charge is -2.28. The van der Waals surface area contributed by atoms with Crippen molar-refractivity contribution in [2.45, 2.75) is 25.4 Å². The van der Waals surface area contributed by atoms with Crippen molar-refractivity contribution in [2.24, 2.45) is 0 Å². The lowest BCUT2D eigenvalue weighted by atomic mass is 10.0. The summed E-state index contributed by atoms with van der Waals surface area (Å²) in [6.07, 6.45) is 0. The van der Waals surface area contributed by atoms with E-state index in [1.165, 1.54) is 38.1 Å². The maximum absolute atomic E-state index is 12.9. The first kappa shape index (κ1) is 14.0. The third kappa shape index (κ3) is 2.11. The van der Waals surface area contributed by atoms with E-state index in [4.69, 9.17) is 5.11 Å². The normalized spacial score (nSPS) is 19.1. The highest BCUT2D eigenvalue weighted by atomic mass is 19.1. The van der Waals surface area contributed by atoms with Gasteiger partial charge in [-0.05, 0) is 31.5 Å². The fourth-order valence-electron chi connectivity index (χ4n) is 1.99. The average molecular weight is 280 g/mol. The zero-order valence-electron chi connectivity index (χ0n) is 10.9. The van der Waals surface area contributed by atoms with Crippen LogP contribution in [0, 0.1) is 5.82 Å². The molecule has 1 heterocycles. The lowest BCUT2D eigenvalue weighted by molar-refractivity contribution is -0.152. The molecule has 0 saturated carbocycles. The Kier molecular flexibility index (Phi) is 3.21. The molecule has 20 heavy (non-hydrogen) atoms. The van der Waals surface area contributed by atoms with E-state index in [1.807, 2.05) is 0 Å². The molecule has 1 atom stereocenters. The molecule has 106 valence electrons. The van der Waals surface area contributed by atoms with Crippen LogP contribution < -0.4 is 5.32 Å². The molecule has 1 unspecified atom stereocenters. The van der Waals surface area contributed by atoms with Crippen molar-refractivity contribution in [3.8, 4) is 0 Å². The lowest BCUT2D eigenvalue weighted by Crippen LogP contribution is -2.53. The Morgan fingerprint density at radius 1 is 1.30 bits per heavy atom. The Bertz CT molecular complexity index is 583. The number of rotatable bonds is 3. The van der Waals surface area contributed by atoms with E-state index in [2.05, 4.69) is 5.32 Å². The third-order valence-electron chi connectivity index (χ3n) is 3.22. The van der Waals surface area contributed by atoms with E-state index in [1.54, 1.807) is 0 Å². The van der Waals surface area contributed by atoms with Gasteiger partial charge in [-0.25, -0.2) is 18.9 Å². The van der Waals surface area contributed by atoms with E-state index in [-0.39, 0.29) is 0 Å². The number of halogens is 1. The minimum Gasteiger partial charge on any atom is -0.480 e. The second-order valence-corrected chi connectivity index (χ2v) is 4.97. The molecule has 2 N–H and O–H groups in total. The van der Waals surface area contributed by atoms with Crippen LogP contribution in [0.2, 0.25) is 0 Å². The molecule has 7 heteroatoms. The van der Waals surface area contributed by atoms with Crippen molar-refractivity contribution >= 4 is 17.9 Å². The molecule has 0 radical (unpaired) electrons. The number of aliphatic carboxylic acids is 1. The summed E-state index contributed by atoms with van der Waals surface area (Å²) in [4.78, 5) is 35.9. The second kappa shape index (κ2) is 4.59. The highest BCUT2D eigenvalue weighted by molar-refractivity contribution is 6.08. The van der Waals surface area contributed by atoms with E-state index in [0.29, 0.717) is 10.5 Å². The summed E-state index contributed by atoms with van der Waals surface area (Å²) in [6.45, 7) is 2.53. The summed E-state index contributed by atoms with van der Waals surface area (Å²) in [5, 5.41) is 11.5. The second-order valence-electron chi connectivity index (χ2n) is 4.97. The Morgan fingerprint density at radius 3 is 2.35 bits per heavy atom. The van der Waals surface area contributed by atoms with Gasteiger partial charge in [0.2, 0.25) is 0 Å². The fourth-order valence-corrected chi connectivity index (χ4v) is 1.99. The van der Waals surface area contributed by atoms with E-state index in [9.17, 15) is 18.8 Å². The van der Waals surface area contributed by atoms with Crippen molar-refractivity contribution in [1.82, 2.24) is 10.2 Å². The summed E-state index contributed by atoms with van der Waals surface area (Å²) in [6, 6.07) is 3.29. The van der Waals surface area contributed by atoms with Gasteiger partial charge in [-0.2, -0.15) is 0 Å². The predicted octanol–water partition coefficient (Wildman–Crippen LogP) is 1.28. The molecule has 3 amide bonds. The van der Waals surface area contributed by atoms with Gasteiger partial charge in [-0.15, -0.1) is 0 Å². The SMILES string of the molecule is CC(C)(C(=O)O)N1C(=O)NC(c2ccc(F)cc2)C1=O. The van der Waals surface area contributed by atoms with Crippen LogP contribution in [0.15, 0.2) is 24.3 Å². The van der Waals surface area contributed by atoms with Gasteiger partial charge in [-0.1, -0.05) is 12.1 Å². The number of hydrogen-bond donors (Lipinski definition) is 2. The maximum Gasteiger partial charge on any atom is 0.329 e. The average Bonchev–Trinajstić information content (AvgIpc) is 2.66. The maximum atomic E-state index is 12.9. The first-order valence-corrected chi connectivity index (χ1v) is 5.88. The number of carboxylic acids is 1. The van der Waals surface area contributed by atoms with Crippen LogP contribution >= 0.6 is 0 Å². The number of carboxylic acid groups (broad SMARTS) is 1. The smallest absolute Gasteiger partial charge is 0.329 e. The van der Waals surface area contributed by atoms with Gasteiger partial charge in [0.25, 0.3) is 5.91 Å². The van der Waals surface area contributed by atoms with Crippen LogP contribution in [0.25, 0.3) is 0 Å². The van der Waals surface area contributed by atoms with Crippen molar-refractivity contribution in [2.75, 3.05) is 0 Å². The molecule has 1 aromatic rings. The van der Waals surface area contributed by atoms with Gasteiger partial charge in [0, 0.05) is 0 Å². The molecule has 6 nitrogen and oxygen atoms in total. The zero-order valence-corrected chi connectivity index (χ0v) is 10.9. The minimum atomic E-state index is -1.66. The van der Waals surface area contributed by atoms with Gasteiger partial charge >= 0.3 is 12.0 Å². The Balaban J connectivity index is 2.34. The molecule has 0 aliphatic carbocycles. The zero-order chi connectivity index (χ0) is 15.1. The highest BCUT2D eigenvalue weighted by Crippen LogP contribution is 2.28. The number of imide groups is 1. The molecule has 2 rings (SSSR count). The van der Waals surface area contributed by atoms with Crippen LogP contribution in [0.3, 0.4) is 0 Å².